The molecule has 0 atom stereocenters. The van der Waals surface area contributed by atoms with Gasteiger partial charge in [0.2, 0.25) is 5.91 Å². The van der Waals surface area contributed by atoms with Gasteiger partial charge in [-0.25, -0.2) is 0 Å². The summed E-state index contributed by atoms with van der Waals surface area (Å²) in [5, 5.41) is 9.56. The van der Waals surface area contributed by atoms with E-state index < -0.39 is 0 Å². The quantitative estimate of drug-likeness (QED) is 0.499. The maximum atomic E-state index is 12.6. The zero-order chi connectivity index (χ0) is 20.9. The highest BCUT2D eigenvalue weighted by atomic mass is 32.2. The van der Waals surface area contributed by atoms with Crippen molar-refractivity contribution in [3.05, 3.63) is 42.5 Å². The Hall–Kier alpha value is -2.08. The first-order chi connectivity index (χ1) is 13.9. The molecule has 156 valence electrons. The molecule has 1 aromatic heterocycles. The standard InChI is InChI=1S/C23H32N4OS/c1-5-14-27-21(18-10-12-19(13-11-18)23(2,3)4)24-25-22(27)29-17-20(28)26-15-8-6-7-9-16-26/h5,10-13H,1,6-9,14-17H2,2-4H3. The molecule has 1 aliphatic heterocycles. The molecule has 1 aliphatic rings. The van der Waals surface area contributed by atoms with Crippen LogP contribution in [0.25, 0.3) is 11.4 Å². The minimum Gasteiger partial charge on any atom is -0.342 e. The normalized spacial score (nSPS) is 15.2. The number of thioether (sulfide) groups is 1. The monoisotopic (exact) mass is 412 g/mol. The number of rotatable bonds is 6. The van der Waals surface area contributed by atoms with E-state index in [4.69, 9.17) is 0 Å². The van der Waals surface area contributed by atoms with Gasteiger partial charge in [-0.1, -0.05) is 75.7 Å². The number of carbonyl (C=O) groups is 1. The molecule has 0 aliphatic carbocycles. The molecule has 2 aromatic rings. The largest absolute Gasteiger partial charge is 0.342 e. The minimum atomic E-state index is 0.113. The summed E-state index contributed by atoms with van der Waals surface area (Å²) in [5.74, 6) is 1.41. The van der Waals surface area contributed by atoms with Gasteiger partial charge in [-0.15, -0.1) is 16.8 Å². The van der Waals surface area contributed by atoms with Crippen LogP contribution in [0.4, 0.5) is 0 Å². The van der Waals surface area contributed by atoms with Crippen LogP contribution in [0.3, 0.4) is 0 Å². The Labute approximate surface area is 178 Å². The number of benzene rings is 1. The van der Waals surface area contributed by atoms with Gasteiger partial charge in [0, 0.05) is 25.2 Å². The smallest absolute Gasteiger partial charge is 0.233 e. The predicted molar refractivity (Wildman–Crippen MR) is 120 cm³/mol. The number of allylic oxidation sites excluding steroid dienone is 1. The third-order valence-corrected chi connectivity index (χ3v) is 6.27. The summed E-state index contributed by atoms with van der Waals surface area (Å²) in [5.41, 5.74) is 2.42. The molecule has 0 N–H and O–H groups in total. The molecule has 1 fully saturated rings. The van der Waals surface area contributed by atoms with Crippen LogP contribution in [0, 0.1) is 0 Å². The lowest BCUT2D eigenvalue weighted by Crippen LogP contribution is -2.33. The molecule has 1 aromatic carbocycles. The van der Waals surface area contributed by atoms with E-state index in [9.17, 15) is 4.79 Å². The van der Waals surface area contributed by atoms with Gasteiger partial charge in [-0.05, 0) is 23.8 Å². The van der Waals surface area contributed by atoms with Crippen molar-refractivity contribution in [3.63, 3.8) is 0 Å². The molecule has 3 rings (SSSR count). The van der Waals surface area contributed by atoms with Gasteiger partial charge in [0.05, 0.1) is 5.75 Å². The van der Waals surface area contributed by atoms with Gasteiger partial charge in [-0.2, -0.15) is 0 Å². The lowest BCUT2D eigenvalue weighted by atomic mass is 9.87. The van der Waals surface area contributed by atoms with Gasteiger partial charge in [-0.3, -0.25) is 9.36 Å². The highest BCUT2D eigenvalue weighted by molar-refractivity contribution is 7.99. The third kappa shape index (κ3) is 5.50. The molecule has 0 bridgehead atoms. The molecule has 0 spiro atoms. The van der Waals surface area contributed by atoms with E-state index >= 15 is 0 Å². The number of hydrogen-bond donors (Lipinski definition) is 0. The maximum absolute atomic E-state index is 12.6. The van der Waals surface area contributed by atoms with Crippen LogP contribution in [0.5, 0.6) is 0 Å². The zero-order valence-corrected chi connectivity index (χ0v) is 18.7. The van der Waals surface area contributed by atoms with Crippen LogP contribution < -0.4 is 0 Å². The average molecular weight is 413 g/mol. The predicted octanol–water partition coefficient (Wildman–Crippen LogP) is 4.92. The Bertz CT molecular complexity index is 828. The van der Waals surface area contributed by atoms with Gasteiger partial charge in [0.15, 0.2) is 11.0 Å². The van der Waals surface area contributed by atoms with E-state index in [0.717, 1.165) is 42.5 Å². The van der Waals surface area contributed by atoms with Crippen molar-refractivity contribution in [1.29, 1.82) is 0 Å². The van der Waals surface area contributed by atoms with Gasteiger partial charge in [0.25, 0.3) is 0 Å². The van der Waals surface area contributed by atoms with Crippen LogP contribution in [-0.2, 0) is 16.8 Å². The Morgan fingerprint density at radius 2 is 1.76 bits per heavy atom. The van der Waals surface area contributed by atoms with E-state index in [2.05, 4.69) is 61.8 Å². The summed E-state index contributed by atoms with van der Waals surface area (Å²) < 4.78 is 2.04. The summed E-state index contributed by atoms with van der Waals surface area (Å²) in [6.45, 7) is 12.9. The fourth-order valence-corrected chi connectivity index (χ4v) is 4.41. The van der Waals surface area contributed by atoms with Crippen LogP contribution in [-0.4, -0.2) is 44.4 Å². The second kappa shape index (κ2) is 9.61. The van der Waals surface area contributed by atoms with E-state index in [1.807, 2.05) is 15.5 Å². The maximum Gasteiger partial charge on any atom is 0.233 e. The first-order valence-electron chi connectivity index (χ1n) is 10.5. The number of aromatic nitrogens is 3. The van der Waals surface area contributed by atoms with Crippen molar-refractivity contribution in [1.82, 2.24) is 19.7 Å². The van der Waals surface area contributed by atoms with Crippen LogP contribution in [0.2, 0.25) is 0 Å². The zero-order valence-electron chi connectivity index (χ0n) is 17.9. The van der Waals surface area contributed by atoms with E-state index in [-0.39, 0.29) is 11.3 Å². The SMILES string of the molecule is C=CCn1c(SCC(=O)N2CCCCCC2)nnc1-c1ccc(C(C)(C)C)cc1. The fourth-order valence-electron chi connectivity index (χ4n) is 3.56. The number of carbonyl (C=O) groups excluding carboxylic acids is 1. The fraction of sp³-hybridized carbons (Fsp3) is 0.522. The molecule has 1 saturated heterocycles. The average Bonchev–Trinajstić information content (AvgIpc) is 2.90. The van der Waals surface area contributed by atoms with E-state index in [1.54, 1.807) is 0 Å². The molecular formula is C23H32N4OS. The van der Waals surface area contributed by atoms with E-state index in [0.29, 0.717) is 12.3 Å². The van der Waals surface area contributed by atoms with Gasteiger partial charge in [0.1, 0.15) is 0 Å². The highest BCUT2D eigenvalue weighted by Crippen LogP contribution is 2.28. The molecular weight excluding hydrogens is 380 g/mol. The van der Waals surface area contributed by atoms with Crippen molar-refractivity contribution in [3.8, 4) is 11.4 Å². The summed E-state index contributed by atoms with van der Waals surface area (Å²) in [7, 11) is 0. The molecule has 6 heteroatoms. The molecule has 0 saturated carbocycles. The molecule has 5 nitrogen and oxygen atoms in total. The van der Waals surface area contributed by atoms with Gasteiger partial charge >= 0.3 is 0 Å². The van der Waals surface area contributed by atoms with Crippen molar-refractivity contribution in [2.24, 2.45) is 0 Å². The molecule has 29 heavy (non-hydrogen) atoms. The Kier molecular flexibility index (Phi) is 7.17. The molecule has 0 unspecified atom stereocenters. The second-order valence-corrected chi connectivity index (χ2v) is 9.56. The molecule has 2 heterocycles. The first kappa shape index (κ1) is 21.6. The Morgan fingerprint density at radius 3 is 2.34 bits per heavy atom. The number of hydrogen-bond acceptors (Lipinski definition) is 4. The molecule has 0 radical (unpaired) electrons. The van der Waals surface area contributed by atoms with Crippen LogP contribution in [0.1, 0.15) is 52.0 Å². The summed E-state index contributed by atoms with van der Waals surface area (Å²) in [4.78, 5) is 14.6. The lowest BCUT2D eigenvalue weighted by Gasteiger charge is -2.20. The van der Waals surface area contributed by atoms with Crippen molar-refractivity contribution < 1.29 is 4.79 Å². The van der Waals surface area contributed by atoms with Gasteiger partial charge < -0.3 is 4.90 Å². The Balaban J connectivity index is 1.74. The summed E-state index contributed by atoms with van der Waals surface area (Å²) in [6, 6.07) is 8.50. The number of likely N-dealkylation sites (tertiary alicyclic amines) is 1. The second-order valence-electron chi connectivity index (χ2n) is 8.62. The number of nitrogens with zero attached hydrogens (tertiary/aromatic N) is 4. The number of amides is 1. The summed E-state index contributed by atoms with van der Waals surface area (Å²) in [6.07, 6.45) is 6.51. The summed E-state index contributed by atoms with van der Waals surface area (Å²) >= 11 is 1.47. The topological polar surface area (TPSA) is 51.0 Å². The third-order valence-electron chi connectivity index (χ3n) is 5.32. The van der Waals surface area contributed by atoms with Crippen molar-refractivity contribution >= 4 is 17.7 Å². The minimum absolute atomic E-state index is 0.113. The van der Waals surface area contributed by atoms with Crippen molar-refractivity contribution in [2.45, 2.75) is 63.6 Å². The Morgan fingerprint density at radius 1 is 1.10 bits per heavy atom. The molecule has 1 amide bonds. The van der Waals surface area contributed by atoms with Crippen LogP contribution >= 0.6 is 11.8 Å². The van der Waals surface area contributed by atoms with Crippen molar-refractivity contribution in [2.75, 3.05) is 18.8 Å². The first-order valence-corrected chi connectivity index (χ1v) is 11.4. The van der Waals surface area contributed by atoms with Crippen LogP contribution in [0.15, 0.2) is 42.1 Å². The highest BCUT2D eigenvalue weighted by Gasteiger charge is 2.19. The van der Waals surface area contributed by atoms with E-state index in [1.165, 1.54) is 30.2 Å². The lowest BCUT2D eigenvalue weighted by molar-refractivity contribution is -0.128.